The maximum absolute atomic E-state index is 12.0. The van der Waals surface area contributed by atoms with Gasteiger partial charge >= 0.3 is 0 Å². The molecule has 0 saturated heterocycles. The minimum absolute atomic E-state index is 0. The number of likely N-dealkylation sites (N-methyl/N-ethyl adjacent to an activating group) is 1. The number of rotatable bonds is 8. The Balaban J connectivity index is 0.00000729. The zero-order valence-corrected chi connectivity index (χ0v) is 19.8. The molecule has 1 aromatic carbocycles. The summed E-state index contributed by atoms with van der Waals surface area (Å²) in [6.07, 6.45) is 0. The molecule has 0 bridgehead atoms. The van der Waals surface area contributed by atoms with Gasteiger partial charge in [-0.2, -0.15) is 0 Å². The molecule has 0 aliphatic rings. The third-order valence-corrected chi connectivity index (χ3v) is 4.02. The molecule has 158 valence electrons. The Labute approximate surface area is 184 Å². The number of methoxy groups -OCH3 is 1. The van der Waals surface area contributed by atoms with E-state index in [1.54, 1.807) is 28.3 Å². The van der Waals surface area contributed by atoms with Crippen LogP contribution in [-0.4, -0.2) is 64.0 Å². The predicted molar refractivity (Wildman–Crippen MR) is 122 cm³/mol. The van der Waals surface area contributed by atoms with Gasteiger partial charge in [0.1, 0.15) is 5.75 Å². The summed E-state index contributed by atoms with van der Waals surface area (Å²) in [4.78, 5) is 29.8. The molecule has 1 rings (SSSR count). The quantitative estimate of drug-likeness (QED) is 0.281. The molecular formula is C19H32IN5O3. The highest BCUT2D eigenvalue weighted by molar-refractivity contribution is 14.0. The number of carbonyl (C=O) groups is 2. The van der Waals surface area contributed by atoms with Crippen molar-refractivity contribution >= 4 is 41.8 Å². The van der Waals surface area contributed by atoms with Crippen molar-refractivity contribution in [1.82, 2.24) is 20.9 Å². The van der Waals surface area contributed by atoms with Crippen molar-refractivity contribution < 1.29 is 14.3 Å². The van der Waals surface area contributed by atoms with E-state index in [1.807, 2.05) is 38.1 Å². The van der Waals surface area contributed by atoms with Gasteiger partial charge in [-0.3, -0.25) is 9.59 Å². The summed E-state index contributed by atoms with van der Waals surface area (Å²) < 4.78 is 5.15. The normalized spacial score (nSPS) is 11.1. The van der Waals surface area contributed by atoms with Gasteiger partial charge in [0.25, 0.3) is 0 Å². The SMILES string of the molecule is CNC(=O)C(C)(C)CNC(=NCc1ccc(OC)cc1)NCC(=O)N(C)C.I. The molecule has 0 unspecified atom stereocenters. The highest BCUT2D eigenvalue weighted by atomic mass is 127. The average molecular weight is 505 g/mol. The summed E-state index contributed by atoms with van der Waals surface area (Å²) in [6.45, 7) is 4.59. The van der Waals surface area contributed by atoms with Crippen molar-refractivity contribution in [2.45, 2.75) is 20.4 Å². The van der Waals surface area contributed by atoms with Crippen LogP contribution in [0.2, 0.25) is 0 Å². The zero-order chi connectivity index (χ0) is 20.4. The molecule has 2 amide bonds. The van der Waals surface area contributed by atoms with E-state index < -0.39 is 5.41 Å². The van der Waals surface area contributed by atoms with Crippen molar-refractivity contribution in [2.75, 3.05) is 41.3 Å². The van der Waals surface area contributed by atoms with E-state index in [-0.39, 0.29) is 42.3 Å². The number of halogens is 1. The van der Waals surface area contributed by atoms with Gasteiger partial charge in [0.15, 0.2) is 5.96 Å². The van der Waals surface area contributed by atoms with Crippen LogP contribution in [-0.2, 0) is 16.1 Å². The Kier molecular flexibility index (Phi) is 11.5. The Morgan fingerprint density at radius 1 is 1.14 bits per heavy atom. The molecule has 8 nitrogen and oxygen atoms in total. The van der Waals surface area contributed by atoms with Gasteiger partial charge in [-0.15, -0.1) is 24.0 Å². The van der Waals surface area contributed by atoms with Gasteiger partial charge in [-0.1, -0.05) is 12.1 Å². The number of guanidine groups is 1. The van der Waals surface area contributed by atoms with Crippen molar-refractivity contribution in [3.63, 3.8) is 0 Å². The maximum Gasteiger partial charge on any atom is 0.241 e. The monoisotopic (exact) mass is 505 g/mol. The van der Waals surface area contributed by atoms with Crippen molar-refractivity contribution in [1.29, 1.82) is 0 Å². The lowest BCUT2D eigenvalue weighted by molar-refractivity contribution is -0.129. The third-order valence-electron chi connectivity index (χ3n) is 4.02. The van der Waals surface area contributed by atoms with Crippen LogP contribution in [0.5, 0.6) is 5.75 Å². The summed E-state index contributed by atoms with van der Waals surface area (Å²) >= 11 is 0. The molecule has 0 aromatic heterocycles. The molecule has 9 heteroatoms. The molecule has 0 radical (unpaired) electrons. The first-order chi connectivity index (χ1) is 12.7. The Morgan fingerprint density at radius 3 is 2.25 bits per heavy atom. The molecule has 28 heavy (non-hydrogen) atoms. The highest BCUT2D eigenvalue weighted by Crippen LogP contribution is 2.13. The number of amides is 2. The molecule has 0 fully saturated rings. The predicted octanol–water partition coefficient (Wildman–Crippen LogP) is 1.21. The van der Waals surface area contributed by atoms with E-state index in [1.165, 1.54) is 4.90 Å². The second kappa shape index (κ2) is 12.4. The summed E-state index contributed by atoms with van der Waals surface area (Å²) in [5, 5.41) is 8.81. The number of ether oxygens (including phenoxy) is 1. The summed E-state index contributed by atoms with van der Waals surface area (Å²) in [5.41, 5.74) is 0.379. The summed E-state index contributed by atoms with van der Waals surface area (Å²) in [5.74, 6) is 1.11. The summed E-state index contributed by atoms with van der Waals surface area (Å²) in [6, 6.07) is 7.60. The van der Waals surface area contributed by atoms with Crippen LogP contribution in [0.15, 0.2) is 29.3 Å². The first-order valence-corrected chi connectivity index (χ1v) is 8.77. The van der Waals surface area contributed by atoms with Crippen LogP contribution >= 0.6 is 24.0 Å². The van der Waals surface area contributed by atoms with Crippen LogP contribution in [0.3, 0.4) is 0 Å². The van der Waals surface area contributed by atoms with Crippen LogP contribution in [0, 0.1) is 5.41 Å². The van der Waals surface area contributed by atoms with Gasteiger partial charge in [-0.05, 0) is 31.5 Å². The minimum atomic E-state index is -0.622. The Bertz CT molecular complexity index is 660. The second-order valence-corrected chi connectivity index (χ2v) is 6.97. The molecule has 0 saturated carbocycles. The fraction of sp³-hybridized carbons (Fsp3) is 0.526. The molecule has 1 aromatic rings. The Hall–Kier alpha value is -2.04. The van der Waals surface area contributed by atoms with Crippen molar-refractivity contribution in [3.8, 4) is 5.75 Å². The largest absolute Gasteiger partial charge is 0.497 e. The number of benzene rings is 1. The lowest BCUT2D eigenvalue weighted by atomic mass is 9.92. The van der Waals surface area contributed by atoms with Crippen LogP contribution in [0.25, 0.3) is 0 Å². The van der Waals surface area contributed by atoms with E-state index in [2.05, 4.69) is 20.9 Å². The van der Waals surface area contributed by atoms with E-state index in [0.717, 1.165) is 11.3 Å². The van der Waals surface area contributed by atoms with Gasteiger partial charge in [0.2, 0.25) is 11.8 Å². The molecular weight excluding hydrogens is 473 g/mol. The second-order valence-electron chi connectivity index (χ2n) is 6.97. The average Bonchev–Trinajstić information content (AvgIpc) is 2.66. The van der Waals surface area contributed by atoms with Crippen molar-refractivity contribution in [3.05, 3.63) is 29.8 Å². The highest BCUT2D eigenvalue weighted by Gasteiger charge is 2.26. The first-order valence-electron chi connectivity index (χ1n) is 8.77. The van der Waals surface area contributed by atoms with E-state index in [9.17, 15) is 9.59 Å². The number of hydrogen-bond acceptors (Lipinski definition) is 4. The van der Waals surface area contributed by atoms with E-state index >= 15 is 0 Å². The number of aliphatic imine (C=N–C) groups is 1. The third kappa shape index (κ3) is 8.77. The summed E-state index contributed by atoms with van der Waals surface area (Å²) in [7, 11) is 6.62. The number of hydrogen-bond donors (Lipinski definition) is 3. The zero-order valence-electron chi connectivity index (χ0n) is 17.5. The Morgan fingerprint density at radius 2 is 1.75 bits per heavy atom. The smallest absolute Gasteiger partial charge is 0.241 e. The van der Waals surface area contributed by atoms with Crippen LogP contribution < -0.4 is 20.7 Å². The molecule has 0 spiro atoms. The van der Waals surface area contributed by atoms with Crippen LogP contribution in [0.4, 0.5) is 0 Å². The molecule has 0 atom stereocenters. The first kappa shape index (κ1) is 26.0. The lowest BCUT2D eigenvalue weighted by Crippen LogP contribution is -2.48. The topological polar surface area (TPSA) is 95.1 Å². The number of nitrogens with zero attached hydrogens (tertiary/aromatic N) is 2. The molecule has 0 aliphatic heterocycles. The fourth-order valence-electron chi connectivity index (χ4n) is 2.12. The van der Waals surface area contributed by atoms with Gasteiger partial charge in [-0.25, -0.2) is 4.99 Å². The molecule has 0 heterocycles. The number of carbonyl (C=O) groups excluding carboxylic acids is 2. The number of nitrogens with one attached hydrogen (secondary N) is 3. The molecule has 3 N–H and O–H groups in total. The van der Waals surface area contributed by atoms with Crippen LogP contribution in [0.1, 0.15) is 19.4 Å². The maximum atomic E-state index is 12.0. The van der Waals surface area contributed by atoms with E-state index in [0.29, 0.717) is 19.0 Å². The van der Waals surface area contributed by atoms with Gasteiger partial charge in [0.05, 0.1) is 25.6 Å². The lowest BCUT2D eigenvalue weighted by Gasteiger charge is -2.24. The van der Waals surface area contributed by atoms with E-state index in [4.69, 9.17) is 4.74 Å². The fourth-order valence-corrected chi connectivity index (χ4v) is 2.12. The van der Waals surface area contributed by atoms with Gasteiger partial charge in [0, 0.05) is 27.7 Å². The van der Waals surface area contributed by atoms with Crippen molar-refractivity contribution in [2.24, 2.45) is 10.4 Å². The molecule has 0 aliphatic carbocycles. The standard InChI is InChI=1S/C19H31N5O3.HI/c1-19(2,17(26)20-3)13-23-18(22-12-16(25)24(4)5)21-11-14-7-9-15(27-6)10-8-14;/h7-10H,11-13H2,1-6H3,(H,20,26)(H2,21,22,23);1H. The van der Waals surface area contributed by atoms with Gasteiger partial charge < -0.3 is 25.6 Å². The minimum Gasteiger partial charge on any atom is -0.497 e.